The summed E-state index contributed by atoms with van der Waals surface area (Å²) >= 11 is 15.5. The summed E-state index contributed by atoms with van der Waals surface area (Å²) in [6.45, 7) is 2.66. The zero-order valence-corrected chi connectivity index (χ0v) is 13.7. The van der Waals surface area contributed by atoms with Crippen molar-refractivity contribution in [3.8, 4) is 0 Å². The van der Waals surface area contributed by atoms with Gasteiger partial charge < -0.3 is 15.4 Å². The third kappa shape index (κ3) is 5.18. The van der Waals surface area contributed by atoms with Crippen LogP contribution >= 0.6 is 39.1 Å². The molecular weight excluding hydrogens is 355 g/mol. The molecule has 0 bridgehead atoms. The molecule has 2 N–H and O–H groups in total. The van der Waals surface area contributed by atoms with E-state index in [-0.39, 0.29) is 5.91 Å². The lowest BCUT2D eigenvalue weighted by Gasteiger charge is -2.17. The molecule has 0 radical (unpaired) electrons. The van der Waals surface area contributed by atoms with Gasteiger partial charge in [-0.2, -0.15) is 0 Å². The average molecular weight is 370 g/mol. The summed E-state index contributed by atoms with van der Waals surface area (Å²) < 4.78 is 5.64. The molecule has 0 saturated carbocycles. The summed E-state index contributed by atoms with van der Waals surface area (Å²) in [6, 6.07) is 2.98. The van der Waals surface area contributed by atoms with E-state index in [1.165, 1.54) is 0 Å². The number of benzene rings is 1. The molecule has 1 aromatic rings. The van der Waals surface area contributed by atoms with Gasteiger partial charge in [-0.05, 0) is 19.1 Å². The minimum atomic E-state index is -0.451. The molecule has 1 unspecified atom stereocenters. The third-order valence-electron chi connectivity index (χ3n) is 2.37. The maximum atomic E-state index is 11.8. The summed E-state index contributed by atoms with van der Waals surface area (Å²) in [7, 11) is 1.58. The monoisotopic (exact) mass is 368 g/mol. The largest absolute Gasteiger partial charge is 0.383 e. The molecular formula is C12H15BrCl2N2O2. The first-order chi connectivity index (χ1) is 8.95. The topological polar surface area (TPSA) is 50.4 Å². The van der Waals surface area contributed by atoms with Crippen molar-refractivity contribution in [2.75, 3.05) is 25.6 Å². The van der Waals surface area contributed by atoms with E-state index in [1.807, 2.05) is 0 Å². The number of amides is 1. The molecule has 1 rings (SSSR count). The van der Waals surface area contributed by atoms with Gasteiger partial charge in [0.25, 0.3) is 0 Å². The highest BCUT2D eigenvalue weighted by atomic mass is 79.9. The van der Waals surface area contributed by atoms with Crippen molar-refractivity contribution in [3.05, 3.63) is 26.7 Å². The van der Waals surface area contributed by atoms with E-state index >= 15 is 0 Å². The molecule has 7 heteroatoms. The number of carbonyl (C=O) groups is 1. The third-order valence-corrected chi connectivity index (χ3v) is 3.42. The molecule has 4 nitrogen and oxygen atoms in total. The molecule has 0 aliphatic heterocycles. The van der Waals surface area contributed by atoms with Crippen LogP contribution in [0.2, 0.25) is 10.0 Å². The van der Waals surface area contributed by atoms with Gasteiger partial charge in [-0.15, -0.1) is 0 Å². The Morgan fingerprint density at radius 1 is 1.42 bits per heavy atom. The Morgan fingerprint density at radius 3 is 2.53 bits per heavy atom. The van der Waals surface area contributed by atoms with Crippen molar-refractivity contribution >= 4 is 50.7 Å². The summed E-state index contributed by atoms with van der Waals surface area (Å²) in [5, 5.41) is 6.64. The molecule has 0 aliphatic rings. The van der Waals surface area contributed by atoms with Crippen molar-refractivity contribution < 1.29 is 9.53 Å². The number of anilines is 1. The van der Waals surface area contributed by atoms with Gasteiger partial charge >= 0.3 is 0 Å². The van der Waals surface area contributed by atoms with E-state index in [1.54, 1.807) is 26.2 Å². The fourth-order valence-corrected chi connectivity index (χ4v) is 2.71. The molecule has 1 amide bonds. The minimum absolute atomic E-state index is 0.146. The SMILES string of the molecule is COCCNC(=O)C(C)Nc1c(Cl)cc(Br)cc1Cl. The van der Waals surface area contributed by atoms with Gasteiger partial charge in [-0.3, -0.25) is 4.79 Å². The maximum absolute atomic E-state index is 11.8. The lowest BCUT2D eigenvalue weighted by Crippen LogP contribution is -2.39. The molecule has 0 fully saturated rings. The van der Waals surface area contributed by atoms with Crippen molar-refractivity contribution in [3.63, 3.8) is 0 Å². The fraction of sp³-hybridized carbons (Fsp3) is 0.417. The van der Waals surface area contributed by atoms with E-state index in [4.69, 9.17) is 27.9 Å². The first-order valence-corrected chi connectivity index (χ1v) is 7.18. The smallest absolute Gasteiger partial charge is 0.242 e. The molecule has 19 heavy (non-hydrogen) atoms. The number of hydrogen-bond donors (Lipinski definition) is 2. The number of methoxy groups -OCH3 is 1. The first kappa shape index (κ1) is 16.6. The van der Waals surface area contributed by atoms with Gasteiger partial charge in [0.15, 0.2) is 0 Å². The normalized spacial score (nSPS) is 12.1. The summed E-state index contributed by atoms with van der Waals surface area (Å²) in [5.41, 5.74) is 0.543. The molecule has 1 aromatic carbocycles. The Labute approximate surface area is 130 Å². The van der Waals surface area contributed by atoms with E-state index < -0.39 is 6.04 Å². The Morgan fingerprint density at radius 2 is 2.00 bits per heavy atom. The quantitative estimate of drug-likeness (QED) is 0.756. The van der Waals surface area contributed by atoms with Crippen LogP contribution < -0.4 is 10.6 Å². The van der Waals surface area contributed by atoms with Crippen LogP contribution in [0.4, 0.5) is 5.69 Å². The van der Waals surface area contributed by atoms with Crippen LogP contribution in [0.5, 0.6) is 0 Å². The van der Waals surface area contributed by atoms with Crippen LogP contribution in [0.1, 0.15) is 6.92 Å². The van der Waals surface area contributed by atoms with Crippen LogP contribution in [0.15, 0.2) is 16.6 Å². The predicted molar refractivity (Wildman–Crippen MR) is 82.1 cm³/mol. The van der Waals surface area contributed by atoms with Gasteiger partial charge in [0.1, 0.15) is 6.04 Å². The summed E-state index contributed by atoms with van der Waals surface area (Å²) in [4.78, 5) is 11.8. The maximum Gasteiger partial charge on any atom is 0.242 e. The van der Waals surface area contributed by atoms with Crippen LogP contribution in [0, 0.1) is 0 Å². The predicted octanol–water partition coefficient (Wildman–Crippen LogP) is 3.32. The van der Waals surface area contributed by atoms with Crippen LogP contribution in [-0.4, -0.2) is 32.2 Å². The van der Waals surface area contributed by atoms with Gasteiger partial charge in [0, 0.05) is 18.1 Å². The van der Waals surface area contributed by atoms with Gasteiger partial charge in [0.05, 0.1) is 22.3 Å². The highest BCUT2D eigenvalue weighted by Gasteiger charge is 2.15. The van der Waals surface area contributed by atoms with Gasteiger partial charge in [-0.1, -0.05) is 39.1 Å². The number of carbonyl (C=O) groups excluding carboxylic acids is 1. The van der Waals surface area contributed by atoms with E-state index in [0.717, 1.165) is 4.47 Å². The highest BCUT2D eigenvalue weighted by Crippen LogP contribution is 2.34. The molecule has 0 aliphatic carbocycles. The number of ether oxygens (including phenoxy) is 1. The van der Waals surface area contributed by atoms with Crippen molar-refractivity contribution in [2.24, 2.45) is 0 Å². The Bertz CT molecular complexity index is 434. The molecule has 0 heterocycles. The number of nitrogens with one attached hydrogen (secondary N) is 2. The molecule has 0 spiro atoms. The zero-order valence-electron chi connectivity index (χ0n) is 10.6. The van der Waals surface area contributed by atoms with Gasteiger partial charge in [-0.25, -0.2) is 0 Å². The minimum Gasteiger partial charge on any atom is -0.383 e. The molecule has 0 saturated heterocycles. The van der Waals surface area contributed by atoms with Crippen LogP contribution in [0.3, 0.4) is 0 Å². The van der Waals surface area contributed by atoms with Crippen molar-refractivity contribution in [2.45, 2.75) is 13.0 Å². The Kier molecular flexibility index (Phi) is 6.93. The van der Waals surface area contributed by atoms with E-state index in [0.29, 0.717) is 28.9 Å². The fourth-order valence-electron chi connectivity index (χ4n) is 1.39. The van der Waals surface area contributed by atoms with Crippen LogP contribution in [-0.2, 0) is 9.53 Å². The second kappa shape index (κ2) is 7.94. The van der Waals surface area contributed by atoms with Crippen LogP contribution in [0.25, 0.3) is 0 Å². The number of rotatable bonds is 6. The summed E-state index contributed by atoms with van der Waals surface area (Å²) in [5.74, 6) is -0.146. The molecule has 106 valence electrons. The van der Waals surface area contributed by atoms with E-state index in [9.17, 15) is 4.79 Å². The molecule has 1 atom stereocenters. The number of halogens is 3. The van der Waals surface area contributed by atoms with E-state index in [2.05, 4.69) is 26.6 Å². The highest BCUT2D eigenvalue weighted by molar-refractivity contribution is 9.10. The zero-order chi connectivity index (χ0) is 14.4. The lowest BCUT2D eigenvalue weighted by molar-refractivity contribution is -0.121. The Hall–Kier alpha value is -0.490. The first-order valence-electron chi connectivity index (χ1n) is 5.63. The van der Waals surface area contributed by atoms with Crippen molar-refractivity contribution in [1.82, 2.24) is 5.32 Å². The Balaban J connectivity index is 2.66. The number of hydrogen-bond acceptors (Lipinski definition) is 3. The van der Waals surface area contributed by atoms with Gasteiger partial charge in [0.2, 0.25) is 5.91 Å². The van der Waals surface area contributed by atoms with Crippen molar-refractivity contribution in [1.29, 1.82) is 0 Å². The average Bonchev–Trinajstić information content (AvgIpc) is 2.33. The lowest BCUT2D eigenvalue weighted by atomic mass is 10.2. The summed E-state index contributed by atoms with van der Waals surface area (Å²) in [6.07, 6.45) is 0. The second-order valence-electron chi connectivity index (χ2n) is 3.89. The molecule has 0 aromatic heterocycles. The second-order valence-corrected chi connectivity index (χ2v) is 5.62. The standard InChI is InChI=1S/C12H15BrCl2N2O2/c1-7(12(18)16-3-4-19-2)17-11-9(14)5-8(13)6-10(11)15/h5-7,17H,3-4H2,1-2H3,(H,16,18).